The summed E-state index contributed by atoms with van der Waals surface area (Å²) < 4.78 is 3.93. The Labute approximate surface area is 188 Å². The van der Waals surface area contributed by atoms with E-state index in [1.165, 1.54) is 27.7 Å². The predicted octanol–water partition coefficient (Wildman–Crippen LogP) is 3.97. The van der Waals surface area contributed by atoms with Crippen molar-refractivity contribution in [3.8, 4) is 5.69 Å². The minimum absolute atomic E-state index is 0. The standard InChI is InChI=1S/C25H26N4O.ClH/c1-28-23-8-5-14-26-17-22(23)21-12-11-20(16-24(21)28)29-15-13-19(27-25(29)30)10-9-18-6-3-2-4-7-18;/h2-4,6-7,11-13,15-16,26H,5,8-10,14,17H2,1H3;1H. The lowest BCUT2D eigenvalue weighted by Gasteiger charge is -2.08. The van der Waals surface area contributed by atoms with Crippen molar-refractivity contribution in [3.05, 3.63) is 93.8 Å². The van der Waals surface area contributed by atoms with E-state index < -0.39 is 0 Å². The summed E-state index contributed by atoms with van der Waals surface area (Å²) in [7, 11) is 2.13. The van der Waals surface area contributed by atoms with E-state index in [9.17, 15) is 4.79 Å². The first-order valence-electron chi connectivity index (χ1n) is 10.6. The largest absolute Gasteiger partial charge is 0.352 e. The molecule has 0 unspecified atom stereocenters. The Kier molecular flexibility index (Phi) is 6.25. The fourth-order valence-corrected chi connectivity index (χ4v) is 4.51. The molecule has 0 fully saturated rings. The van der Waals surface area contributed by atoms with Crippen molar-refractivity contribution in [3.63, 3.8) is 0 Å². The highest BCUT2D eigenvalue weighted by molar-refractivity contribution is 5.87. The third-order valence-electron chi connectivity index (χ3n) is 6.14. The van der Waals surface area contributed by atoms with Crippen LogP contribution in [0, 0.1) is 0 Å². The zero-order chi connectivity index (χ0) is 20.5. The number of benzene rings is 2. The Balaban J connectivity index is 0.00000231. The Morgan fingerprint density at radius 1 is 1.06 bits per heavy atom. The topological polar surface area (TPSA) is 51.9 Å². The number of aromatic nitrogens is 3. The lowest BCUT2D eigenvalue weighted by Crippen LogP contribution is -2.22. The maximum Gasteiger partial charge on any atom is 0.352 e. The molecule has 0 bridgehead atoms. The van der Waals surface area contributed by atoms with Gasteiger partial charge < -0.3 is 9.88 Å². The number of nitrogens with one attached hydrogen (secondary N) is 1. The van der Waals surface area contributed by atoms with Gasteiger partial charge in [-0.05, 0) is 61.6 Å². The number of aryl methyl sites for hydroxylation is 3. The van der Waals surface area contributed by atoms with Crippen molar-refractivity contribution in [2.45, 2.75) is 32.2 Å². The number of rotatable bonds is 4. The highest BCUT2D eigenvalue weighted by atomic mass is 35.5. The van der Waals surface area contributed by atoms with Crippen molar-refractivity contribution >= 4 is 23.3 Å². The summed E-state index contributed by atoms with van der Waals surface area (Å²) in [6.45, 7) is 1.97. The number of nitrogens with zero attached hydrogens (tertiary/aromatic N) is 3. The van der Waals surface area contributed by atoms with Crippen LogP contribution in [0.25, 0.3) is 16.6 Å². The number of hydrogen-bond acceptors (Lipinski definition) is 3. The van der Waals surface area contributed by atoms with E-state index >= 15 is 0 Å². The molecule has 160 valence electrons. The molecule has 31 heavy (non-hydrogen) atoms. The molecule has 2 aromatic carbocycles. The molecule has 4 aromatic rings. The first kappa shape index (κ1) is 21.3. The molecule has 0 amide bonds. The molecule has 5 rings (SSSR count). The maximum absolute atomic E-state index is 12.7. The minimum atomic E-state index is -0.225. The highest BCUT2D eigenvalue weighted by Gasteiger charge is 2.17. The van der Waals surface area contributed by atoms with Gasteiger partial charge in [0.2, 0.25) is 0 Å². The van der Waals surface area contributed by atoms with Gasteiger partial charge in [-0.1, -0.05) is 36.4 Å². The SMILES string of the molecule is Cl.Cn1c2c(c3ccc(-n4ccc(CCc5ccccc5)nc4=O)cc31)CNCCC2. The van der Waals surface area contributed by atoms with E-state index in [-0.39, 0.29) is 18.1 Å². The van der Waals surface area contributed by atoms with Crippen LogP contribution in [0.3, 0.4) is 0 Å². The molecule has 3 heterocycles. The normalized spacial score (nSPS) is 13.5. The molecule has 5 nitrogen and oxygen atoms in total. The van der Waals surface area contributed by atoms with Crippen LogP contribution in [-0.4, -0.2) is 20.7 Å². The molecular formula is C25H27ClN4O. The molecular weight excluding hydrogens is 408 g/mol. The van der Waals surface area contributed by atoms with Gasteiger partial charge in [0, 0.05) is 36.6 Å². The van der Waals surface area contributed by atoms with Gasteiger partial charge in [-0.3, -0.25) is 4.57 Å². The fourth-order valence-electron chi connectivity index (χ4n) is 4.51. The molecule has 0 saturated carbocycles. The first-order chi connectivity index (χ1) is 14.7. The molecule has 1 aliphatic rings. The van der Waals surface area contributed by atoms with Gasteiger partial charge in [0.1, 0.15) is 0 Å². The van der Waals surface area contributed by atoms with Gasteiger partial charge in [0.15, 0.2) is 0 Å². The number of fused-ring (bicyclic) bond motifs is 3. The second-order valence-corrected chi connectivity index (χ2v) is 8.02. The summed E-state index contributed by atoms with van der Waals surface area (Å²) in [5.74, 6) is 0. The Hall–Kier alpha value is -2.89. The molecule has 0 spiro atoms. The van der Waals surface area contributed by atoms with E-state index in [2.05, 4.69) is 46.2 Å². The molecule has 0 atom stereocenters. The second-order valence-electron chi connectivity index (χ2n) is 8.02. The fraction of sp³-hybridized carbons (Fsp3) is 0.280. The van der Waals surface area contributed by atoms with Crippen LogP contribution >= 0.6 is 12.4 Å². The van der Waals surface area contributed by atoms with Crippen molar-refractivity contribution in [2.75, 3.05) is 6.54 Å². The third-order valence-corrected chi connectivity index (χ3v) is 6.14. The van der Waals surface area contributed by atoms with Gasteiger partial charge >= 0.3 is 5.69 Å². The van der Waals surface area contributed by atoms with E-state index in [0.717, 1.165) is 50.2 Å². The zero-order valence-electron chi connectivity index (χ0n) is 17.7. The zero-order valence-corrected chi connectivity index (χ0v) is 18.5. The average molecular weight is 435 g/mol. The van der Waals surface area contributed by atoms with E-state index in [1.54, 1.807) is 4.57 Å². The molecule has 0 aliphatic carbocycles. The second kappa shape index (κ2) is 9.08. The minimum Gasteiger partial charge on any atom is -0.347 e. The van der Waals surface area contributed by atoms with Gasteiger partial charge in [0.05, 0.1) is 11.2 Å². The average Bonchev–Trinajstić information content (AvgIpc) is 2.92. The lowest BCUT2D eigenvalue weighted by atomic mass is 10.1. The summed E-state index contributed by atoms with van der Waals surface area (Å²) >= 11 is 0. The quantitative estimate of drug-likeness (QED) is 0.528. The van der Waals surface area contributed by atoms with E-state index in [0.29, 0.717) is 0 Å². The monoisotopic (exact) mass is 434 g/mol. The Morgan fingerprint density at radius 3 is 2.71 bits per heavy atom. The van der Waals surface area contributed by atoms with E-state index in [1.807, 2.05) is 36.5 Å². The highest BCUT2D eigenvalue weighted by Crippen LogP contribution is 2.29. The molecule has 6 heteroatoms. The molecule has 0 saturated heterocycles. The van der Waals surface area contributed by atoms with Crippen molar-refractivity contribution < 1.29 is 0 Å². The smallest absolute Gasteiger partial charge is 0.347 e. The molecule has 0 radical (unpaired) electrons. The van der Waals surface area contributed by atoms with Crippen LogP contribution in [0.15, 0.2) is 65.6 Å². The van der Waals surface area contributed by atoms with Crippen molar-refractivity contribution in [1.82, 2.24) is 19.4 Å². The Morgan fingerprint density at radius 2 is 1.90 bits per heavy atom. The first-order valence-corrected chi connectivity index (χ1v) is 10.6. The maximum atomic E-state index is 12.7. The summed E-state index contributed by atoms with van der Waals surface area (Å²) in [6.07, 6.45) is 5.73. The van der Waals surface area contributed by atoms with Crippen LogP contribution in [0.1, 0.15) is 28.9 Å². The molecule has 1 N–H and O–H groups in total. The number of hydrogen-bond donors (Lipinski definition) is 1. The van der Waals surface area contributed by atoms with Gasteiger partial charge in [-0.2, -0.15) is 4.98 Å². The molecule has 2 aromatic heterocycles. The van der Waals surface area contributed by atoms with Crippen LogP contribution < -0.4 is 11.0 Å². The van der Waals surface area contributed by atoms with Gasteiger partial charge in [0.25, 0.3) is 0 Å². The Bertz CT molecular complexity index is 1260. The summed E-state index contributed by atoms with van der Waals surface area (Å²) in [5, 5.41) is 4.79. The van der Waals surface area contributed by atoms with Crippen molar-refractivity contribution in [2.24, 2.45) is 7.05 Å². The van der Waals surface area contributed by atoms with Gasteiger partial charge in [-0.15, -0.1) is 12.4 Å². The summed E-state index contributed by atoms with van der Waals surface area (Å²) in [4.78, 5) is 17.1. The predicted molar refractivity (Wildman–Crippen MR) is 127 cm³/mol. The summed E-state index contributed by atoms with van der Waals surface area (Å²) in [6, 6.07) is 18.5. The molecule has 1 aliphatic heterocycles. The lowest BCUT2D eigenvalue weighted by molar-refractivity contribution is 0.677. The van der Waals surface area contributed by atoms with E-state index in [4.69, 9.17) is 0 Å². The summed E-state index contributed by atoms with van der Waals surface area (Å²) in [5.41, 5.74) is 6.67. The number of halogens is 1. The third kappa shape index (κ3) is 4.16. The van der Waals surface area contributed by atoms with Gasteiger partial charge in [-0.25, -0.2) is 4.79 Å². The van der Waals surface area contributed by atoms with Crippen LogP contribution in [0.2, 0.25) is 0 Å². The van der Waals surface area contributed by atoms with Crippen LogP contribution in [0.5, 0.6) is 0 Å². The van der Waals surface area contributed by atoms with Crippen LogP contribution in [-0.2, 0) is 32.9 Å². The van der Waals surface area contributed by atoms with Crippen LogP contribution in [0.4, 0.5) is 0 Å². The van der Waals surface area contributed by atoms with Crippen molar-refractivity contribution in [1.29, 1.82) is 0 Å².